The lowest BCUT2D eigenvalue weighted by atomic mass is 10.1. The smallest absolute Gasteiger partial charge is 0.259 e. The minimum atomic E-state index is -0.285. The molecule has 2 heterocycles. The van der Waals surface area contributed by atoms with E-state index in [1.54, 1.807) is 29.3 Å². The van der Waals surface area contributed by atoms with Crippen molar-refractivity contribution >= 4 is 23.2 Å². The Morgan fingerprint density at radius 3 is 2.61 bits per heavy atom. The first-order valence-electron chi connectivity index (χ1n) is 8.75. The third-order valence-electron chi connectivity index (χ3n) is 4.29. The zero-order chi connectivity index (χ0) is 19.5. The lowest BCUT2D eigenvalue weighted by molar-refractivity contribution is 0.102. The molecule has 0 saturated heterocycles. The van der Waals surface area contributed by atoms with E-state index in [1.165, 1.54) is 0 Å². The number of halogens is 1. The van der Waals surface area contributed by atoms with Crippen LogP contribution < -0.4 is 5.32 Å². The largest absolute Gasteiger partial charge is 0.321 e. The molecule has 0 aliphatic rings. The van der Waals surface area contributed by atoms with Crippen molar-refractivity contribution < 1.29 is 4.79 Å². The Labute approximate surface area is 167 Å². The predicted molar refractivity (Wildman–Crippen MR) is 111 cm³/mol. The van der Waals surface area contributed by atoms with Crippen LogP contribution in [0.5, 0.6) is 0 Å². The normalized spacial score (nSPS) is 10.6. The molecule has 0 atom stereocenters. The maximum Gasteiger partial charge on any atom is 0.259 e. The van der Waals surface area contributed by atoms with Gasteiger partial charge in [0, 0.05) is 24.2 Å². The molecule has 138 valence electrons. The molecule has 0 bridgehead atoms. The molecule has 2 aromatic heterocycles. The van der Waals surface area contributed by atoms with Gasteiger partial charge in [0.2, 0.25) is 0 Å². The summed E-state index contributed by atoms with van der Waals surface area (Å²) in [5.41, 5.74) is 4.20. The van der Waals surface area contributed by atoms with Crippen molar-refractivity contribution in [2.24, 2.45) is 0 Å². The number of para-hydroxylation sites is 1. The number of nitrogens with zero attached hydrogens (tertiary/aromatic N) is 3. The molecule has 5 nitrogen and oxygen atoms in total. The number of nitrogens with one attached hydrogen (secondary N) is 1. The van der Waals surface area contributed by atoms with Gasteiger partial charge in [0.1, 0.15) is 5.69 Å². The lowest BCUT2D eigenvalue weighted by Crippen LogP contribution is -2.12. The van der Waals surface area contributed by atoms with Crippen molar-refractivity contribution in [3.05, 3.63) is 95.4 Å². The van der Waals surface area contributed by atoms with E-state index in [-0.39, 0.29) is 5.91 Å². The Balaban J connectivity index is 1.76. The summed E-state index contributed by atoms with van der Waals surface area (Å²) in [7, 11) is 0. The van der Waals surface area contributed by atoms with E-state index in [4.69, 9.17) is 11.6 Å². The van der Waals surface area contributed by atoms with Crippen LogP contribution in [0, 0.1) is 6.92 Å². The van der Waals surface area contributed by atoms with Gasteiger partial charge in [-0.25, -0.2) is 4.68 Å². The van der Waals surface area contributed by atoms with E-state index in [2.05, 4.69) is 15.4 Å². The molecule has 0 radical (unpaired) electrons. The zero-order valence-corrected chi connectivity index (χ0v) is 15.9. The summed E-state index contributed by atoms with van der Waals surface area (Å²) >= 11 is 6.27. The molecule has 0 unspecified atom stereocenters. The minimum absolute atomic E-state index is 0.285. The number of hydrogen-bond acceptors (Lipinski definition) is 3. The fourth-order valence-electron chi connectivity index (χ4n) is 2.88. The summed E-state index contributed by atoms with van der Waals surface area (Å²) < 4.78 is 1.69. The monoisotopic (exact) mass is 388 g/mol. The highest BCUT2D eigenvalue weighted by Crippen LogP contribution is 2.27. The Hall–Kier alpha value is -3.44. The SMILES string of the molecule is Cc1ccc(NC(=O)c2cn(-c3ccccc3)nc2-c2cccnc2)c(Cl)c1. The second-order valence-electron chi connectivity index (χ2n) is 6.35. The van der Waals surface area contributed by atoms with Gasteiger partial charge in [-0.2, -0.15) is 5.10 Å². The number of pyridine rings is 1. The van der Waals surface area contributed by atoms with Crippen LogP contribution in [0.2, 0.25) is 5.02 Å². The predicted octanol–water partition coefficient (Wildman–Crippen LogP) is 5.15. The van der Waals surface area contributed by atoms with Crippen LogP contribution in [0.3, 0.4) is 0 Å². The highest BCUT2D eigenvalue weighted by molar-refractivity contribution is 6.34. The Morgan fingerprint density at radius 1 is 1.07 bits per heavy atom. The average Bonchev–Trinajstić information content (AvgIpc) is 3.17. The van der Waals surface area contributed by atoms with Gasteiger partial charge in [-0.15, -0.1) is 0 Å². The molecule has 1 N–H and O–H groups in total. The molecular formula is C22H17ClN4O. The summed E-state index contributed by atoms with van der Waals surface area (Å²) in [5, 5.41) is 8.01. The van der Waals surface area contributed by atoms with E-state index < -0.39 is 0 Å². The van der Waals surface area contributed by atoms with Crippen LogP contribution in [-0.4, -0.2) is 20.7 Å². The number of amides is 1. The average molecular weight is 389 g/mol. The van der Waals surface area contributed by atoms with Gasteiger partial charge in [-0.1, -0.05) is 35.9 Å². The molecule has 6 heteroatoms. The molecular weight excluding hydrogens is 372 g/mol. The van der Waals surface area contributed by atoms with Crippen molar-refractivity contribution in [2.75, 3.05) is 5.32 Å². The molecule has 1 amide bonds. The van der Waals surface area contributed by atoms with Gasteiger partial charge < -0.3 is 5.32 Å². The van der Waals surface area contributed by atoms with Crippen molar-refractivity contribution in [1.82, 2.24) is 14.8 Å². The van der Waals surface area contributed by atoms with E-state index in [0.29, 0.717) is 22.0 Å². The minimum Gasteiger partial charge on any atom is -0.321 e. The molecule has 4 aromatic rings. The zero-order valence-electron chi connectivity index (χ0n) is 15.1. The number of benzene rings is 2. The topological polar surface area (TPSA) is 59.8 Å². The number of aryl methyl sites for hydroxylation is 1. The highest BCUT2D eigenvalue weighted by atomic mass is 35.5. The van der Waals surface area contributed by atoms with E-state index in [9.17, 15) is 4.79 Å². The first-order valence-corrected chi connectivity index (χ1v) is 9.12. The Bertz CT molecular complexity index is 1120. The first-order chi connectivity index (χ1) is 13.6. The molecule has 0 saturated carbocycles. The fraction of sp³-hybridized carbons (Fsp3) is 0.0455. The van der Waals surface area contributed by atoms with Crippen LogP contribution in [0.4, 0.5) is 5.69 Å². The third kappa shape index (κ3) is 3.66. The second-order valence-corrected chi connectivity index (χ2v) is 6.76. The lowest BCUT2D eigenvalue weighted by Gasteiger charge is -2.08. The van der Waals surface area contributed by atoms with Crippen LogP contribution >= 0.6 is 11.6 Å². The molecule has 28 heavy (non-hydrogen) atoms. The maximum atomic E-state index is 13.0. The number of carbonyl (C=O) groups is 1. The van der Waals surface area contributed by atoms with E-state index in [1.807, 2.05) is 61.5 Å². The van der Waals surface area contributed by atoms with Crippen molar-refractivity contribution in [3.63, 3.8) is 0 Å². The standard InChI is InChI=1S/C22H17ClN4O/c1-15-9-10-20(19(23)12-15)25-22(28)18-14-27(17-7-3-2-4-8-17)26-21(18)16-6-5-11-24-13-16/h2-14H,1H3,(H,25,28). The number of rotatable bonds is 4. The number of anilines is 1. The second kappa shape index (κ2) is 7.66. The Morgan fingerprint density at radius 2 is 1.89 bits per heavy atom. The van der Waals surface area contributed by atoms with E-state index >= 15 is 0 Å². The van der Waals surface area contributed by atoms with Gasteiger partial charge >= 0.3 is 0 Å². The van der Waals surface area contributed by atoms with Crippen molar-refractivity contribution in [3.8, 4) is 16.9 Å². The summed E-state index contributed by atoms with van der Waals surface area (Å²) in [5.74, 6) is -0.285. The van der Waals surface area contributed by atoms with Gasteiger partial charge in [-0.3, -0.25) is 9.78 Å². The molecule has 0 spiro atoms. The van der Waals surface area contributed by atoms with Crippen LogP contribution in [-0.2, 0) is 0 Å². The van der Waals surface area contributed by atoms with Gasteiger partial charge in [0.25, 0.3) is 5.91 Å². The van der Waals surface area contributed by atoms with Gasteiger partial charge in [0.15, 0.2) is 0 Å². The number of hydrogen-bond donors (Lipinski definition) is 1. The number of aromatic nitrogens is 3. The molecule has 0 aliphatic heterocycles. The van der Waals surface area contributed by atoms with Crippen LogP contribution in [0.25, 0.3) is 16.9 Å². The quantitative estimate of drug-likeness (QED) is 0.526. The first kappa shape index (κ1) is 17.9. The molecule has 4 rings (SSSR count). The summed E-state index contributed by atoms with van der Waals surface area (Å²) in [6, 6.07) is 18.8. The molecule has 0 fully saturated rings. The molecule has 2 aromatic carbocycles. The molecule has 0 aliphatic carbocycles. The number of carbonyl (C=O) groups excluding carboxylic acids is 1. The third-order valence-corrected chi connectivity index (χ3v) is 4.60. The van der Waals surface area contributed by atoms with Crippen molar-refractivity contribution in [1.29, 1.82) is 0 Å². The van der Waals surface area contributed by atoms with Crippen LogP contribution in [0.15, 0.2) is 79.3 Å². The van der Waals surface area contributed by atoms with Gasteiger partial charge in [0.05, 0.1) is 22.0 Å². The van der Waals surface area contributed by atoms with Gasteiger partial charge in [-0.05, 0) is 48.9 Å². The van der Waals surface area contributed by atoms with Crippen molar-refractivity contribution in [2.45, 2.75) is 6.92 Å². The summed E-state index contributed by atoms with van der Waals surface area (Å²) in [4.78, 5) is 17.2. The maximum absolute atomic E-state index is 13.0. The van der Waals surface area contributed by atoms with E-state index in [0.717, 1.165) is 16.8 Å². The summed E-state index contributed by atoms with van der Waals surface area (Å²) in [6.45, 7) is 1.95. The highest BCUT2D eigenvalue weighted by Gasteiger charge is 2.19. The van der Waals surface area contributed by atoms with Crippen LogP contribution in [0.1, 0.15) is 15.9 Å². The Kier molecular flexibility index (Phi) is 4.91. The fourth-order valence-corrected chi connectivity index (χ4v) is 3.16. The summed E-state index contributed by atoms with van der Waals surface area (Å²) in [6.07, 6.45) is 5.09.